The fraction of sp³-hybridized carbons (Fsp3) is 0.294. The van der Waals surface area contributed by atoms with Crippen molar-refractivity contribution in [1.29, 1.82) is 5.26 Å². The lowest BCUT2D eigenvalue weighted by molar-refractivity contribution is 0.119. The van der Waals surface area contributed by atoms with Crippen LogP contribution in [0.1, 0.15) is 11.1 Å². The number of nitriles is 1. The number of hydrogen-bond donors (Lipinski definition) is 0. The van der Waals surface area contributed by atoms with Gasteiger partial charge in [-0.3, -0.25) is 4.98 Å². The summed E-state index contributed by atoms with van der Waals surface area (Å²) in [6, 6.07) is 16.0. The molecule has 21 heavy (non-hydrogen) atoms. The Bertz CT molecular complexity index is 617. The second kappa shape index (κ2) is 6.21. The molecule has 0 saturated carbocycles. The van der Waals surface area contributed by atoms with Crippen LogP contribution in [0.5, 0.6) is 0 Å². The lowest BCUT2D eigenvalue weighted by atomic mass is 9.89. The van der Waals surface area contributed by atoms with Crippen LogP contribution in [0.2, 0.25) is 19.6 Å². The lowest BCUT2D eigenvalue weighted by Crippen LogP contribution is -2.41. The van der Waals surface area contributed by atoms with Gasteiger partial charge in [-0.25, -0.2) is 0 Å². The van der Waals surface area contributed by atoms with Gasteiger partial charge in [-0.2, -0.15) is 5.26 Å². The highest BCUT2D eigenvalue weighted by Crippen LogP contribution is 2.32. The third-order valence-corrected chi connectivity index (χ3v) is 4.04. The second-order valence-corrected chi connectivity index (χ2v) is 10.5. The van der Waals surface area contributed by atoms with Crippen molar-refractivity contribution in [1.82, 2.24) is 4.98 Å². The molecule has 0 N–H and O–H groups in total. The van der Waals surface area contributed by atoms with Crippen molar-refractivity contribution in [3.8, 4) is 6.07 Å². The van der Waals surface area contributed by atoms with E-state index in [9.17, 15) is 5.26 Å². The minimum absolute atomic E-state index is 0.506. The normalized spacial score (nSPS) is 14.2. The van der Waals surface area contributed by atoms with E-state index in [1.807, 2.05) is 42.5 Å². The first-order valence-electron chi connectivity index (χ1n) is 7.01. The van der Waals surface area contributed by atoms with Crippen LogP contribution in [0, 0.1) is 11.3 Å². The minimum Gasteiger partial charge on any atom is -0.396 e. The van der Waals surface area contributed by atoms with Crippen molar-refractivity contribution >= 4 is 8.32 Å². The Kier molecular flexibility index (Phi) is 4.56. The van der Waals surface area contributed by atoms with Gasteiger partial charge in [0.15, 0.2) is 13.9 Å². The summed E-state index contributed by atoms with van der Waals surface area (Å²) in [5.41, 5.74) is 0.953. The van der Waals surface area contributed by atoms with E-state index in [1.54, 1.807) is 12.4 Å². The molecule has 108 valence electrons. The van der Waals surface area contributed by atoms with Gasteiger partial charge < -0.3 is 4.43 Å². The van der Waals surface area contributed by atoms with Crippen LogP contribution in [0.4, 0.5) is 0 Å². The van der Waals surface area contributed by atoms with Gasteiger partial charge in [0.05, 0.1) is 0 Å². The molecule has 4 heteroatoms. The van der Waals surface area contributed by atoms with E-state index in [2.05, 4.69) is 30.7 Å². The summed E-state index contributed by atoms with van der Waals surface area (Å²) in [5.74, 6) is 0. The average Bonchev–Trinajstić information content (AvgIpc) is 2.47. The monoisotopic (exact) mass is 296 g/mol. The molecule has 0 bridgehead atoms. The second-order valence-electron chi connectivity index (χ2n) is 6.06. The van der Waals surface area contributed by atoms with E-state index >= 15 is 0 Å². The molecule has 1 heterocycles. The van der Waals surface area contributed by atoms with Crippen LogP contribution in [-0.4, -0.2) is 13.3 Å². The van der Waals surface area contributed by atoms with Crippen LogP contribution < -0.4 is 0 Å². The molecule has 0 amide bonds. The molecule has 1 atom stereocenters. The van der Waals surface area contributed by atoms with Gasteiger partial charge in [0.1, 0.15) is 6.07 Å². The Morgan fingerprint density at radius 3 is 2.38 bits per heavy atom. The maximum absolute atomic E-state index is 9.88. The van der Waals surface area contributed by atoms with Crippen molar-refractivity contribution in [3.63, 3.8) is 0 Å². The summed E-state index contributed by atoms with van der Waals surface area (Å²) in [6.45, 7) is 6.31. The number of benzene rings is 1. The molecule has 0 aliphatic carbocycles. The minimum atomic E-state index is -1.89. The molecule has 3 nitrogen and oxygen atoms in total. The number of pyridine rings is 1. The SMILES string of the molecule is C[Si](C)(C)OC(C#N)(Cc1cccnc1)c1ccccc1. The number of rotatable bonds is 5. The predicted octanol–water partition coefficient (Wildman–Crippen LogP) is 3.89. The quantitative estimate of drug-likeness (QED) is 0.786. The van der Waals surface area contributed by atoms with E-state index in [-0.39, 0.29) is 0 Å². The van der Waals surface area contributed by atoms with E-state index < -0.39 is 13.9 Å². The molecule has 0 radical (unpaired) electrons. The van der Waals surface area contributed by atoms with Crippen LogP contribution in [0.15, 0.2) is 54.9 Å². The number of nitrogens with zero attached hydrogens (tertiary/aromatic N) is 2. The molecule has 0 aliphatic rings. The largest absolute Gasteiger partial charge is 0.396 e. The Balaban J connectivity index is 2.45. The first-order chi connectivity index (χ1) is 9.95. The summed E-state index contributed by atoms with van der Waals surface area (Å²) >= 11 is 0. The van der Waals surface area contributed by atoms with Crippen molar-refractivity contribution in [2.24, 2.45) is 0 Å². The molecule has 1 aromatic heterocycles. The molecule has 1 unspecified atom stereocenters. The summed E-state index contributed by atoms with van der Waals surface area (Å²) < 4.78 is 6.31. The molecule has 0 aliphatic heterocycles. The Morgan fingerprint density at radius 2 is 1.86 bits per heavy atom. The smallest absolute Gasteiger partial charge is 0.186 e. The van der Waals surface area contributed by atoms with Crippen molar-refractivity contribution in [2.75, 3.05) is 0 Å². The summed E-state index contributed by atoms with van der Waals surface area (Å²) in [6.07, 6.45) is 4.04. The molecular formula is C17H20N2OSi. The molecule has 1 aromatic carbocycles. The van der Waals surface area contributed by atoms with E-state index in [0.717, 1.165) is 11.1 Å². The lowest BCUT2D eigenvalue weighted by Gasteiger charge is -2.34. The Morgan fingerprint density at radius 1 is 1.14 bits per heavy atom. The zero-order chi connectivity index (χ0) is 15.3. The van der Waals surface area contributed by atoms with Crippen LogP contribution in [0.25, 0.3) is 0 Å². The summed E-state index contributed by atoms with van der Waals surface area (Å²) in [7, 11) is -1.89. The number of hydrogen-bond acceptors (Lipinski definition) is 3. The topological polar surface area (TPSA) is 45.9 Å². The van der Waals surface area contributed by atoms with Crippen LogP contribution in [0.3, 0.4) is 0 Å². The van der Waals surface area contributed by atoms with E-state index in [4.69, 9.17) is 4.43 Å². The summed E-state index contributed by atoms with van der Waals surface area (Å²) in [5, 5.41) is 9.88. The molecule has 2 rings (SSSR count). The Hall–Kier alpha value is -1.96. The number of aromatic nitrogens is 1. The fourth-order valence-electron chi connectivity index (χ4n) is 2.34. The first-order valence-corrected chi connectivity index (χ1v) is 10.4. The zero-order valence-electron chi connectivity index (χ0n) is 12.7. The van der Waals surface area contributed by atoms with Gasteiger partial charge in [0.2, 0.25) is 0 Å². The highest BCUT2D eigenvalue weighted by Gasteiger charge is 2.38. The van der Waals surface area contributed by atoms with Gasteiger partial charge in [0, 0.05) is 18.8 Å². The van der Waals surface area contributed by atoms with Gasteiger partial charge in [-0.15, -0.1) is 0 Å². The highest BCUT2D eigenvalue weighted by molar-refractivity contribution is 6.69. The highest BCUT2D eigenvalue weighted by atomic mass is 28.4. The molecule has 0 saturated heterocycles. The van der Waals surface area contributed by atoms with Gasteiger partial charge >= 0.3 is 0 Å². The average molecular weight is 296 g/mol. The third-order valence-electron chi connectivity index (χ3n) is 3.08. The third kappa shape index (κ3) is 4.00. The Labute approximate surface area is 127 Å². The van der Waals surface area contributed by atoms with E-state index in [0.29, 0.717) is 6.42 Å². The maximum Gasteiger partial charge on any atom is 0.186 e. The van der Waals surface area contributed by atoms with Crippen molar-refractivity contribution in [3.05, 3.63) is 66.0 Å². The van der Waals surface area contributed by atoms with Crippen LogP contribution in [-0.2, 0) is 16.4 Å². The fourth-order valence-corrected chi connectivity index (χ4v) is 3.63. The van der Waals surface area contributed by atoms with Gasteiger partial charge in [-0.05, 0) is 36.8 Å². The van der Waals surface area contributed by atoms with Crippen molar-refractivity contribution < 1.29 is 4.43 Å². The maximum atomic E-state index is 9.88. The first kappa shape index (κ1) is 15.4. The van der Waals surface area contributed by atoms with Crippen LogP contribution >= 0.6 is 0 Å². The van der Waals surface area contributed by atoms with Gasteiger partial charge in [-0.1, -0.05) is 36.4 Å². The van der Waals surface area contributed by atoms with Gasteiger partial charge in [0.25, 0.3) is 0 Å². The predicted molar refractivity (Wildman–Crippen MR) is 86.1 cm³/mol. The summed E-state index contributed by atoms with van der Waals surface area (Å²) in [4.78, 5) is 4.14. The molecule has 0 fully saturated rings. The molecular weight excluding hydrogens is 276 g/mol. The van der Waals surface area contributed by atoms with Crippen molar-refractivity contribution in [2.45, 2.75) is 31.7 Å². The zero-order valence-corrected chi connectivity index (χ0v) is 13.7. The molecule has 2 aromatic rings. The van der Waals surface area contributed by atoms with E-state index in [1.165, 1.54) is 0 Å². The molecule has 0 spiro atoms. The standard InChI is InChI=1S/C17H20N2OSi/c1-21(2,3)20-17(14-18,16-9-5-4-6-10-16)12-15-8-7-11-19-13-15/h4-11,13H,12H2,1-3H3.